The number of alkyl halides is 1. The molecule has 0 unspecified atom stereocenters. The molecule has 0 aliphatic carbocycles. The molecule has 8 nitrogen and oxygen atoms in total. The molecule has 112 valence electrons. The average Bonchev–Trinajstić information content (AvgIpc) is 2.62. The van der Waals surface area contributed by atoms with Gasteiger partial charge in [0.25, 0.3) is 5.85 Å². The smallest absolute Gasteiger partial charge is 0.351 e. The molecule has 0 bridgehead atoms. The van der Waals surface area contributed by atoms with Crippen LogP contribution in [0.15, 0.2) is 11.0 Å². The normalized spacial score (nSPS) is 33.5. The molecule has 5 N–H and O–H groups in total. The van der Waals surface area contributed by atoms with Crippen LogP contribution >= 0.6 is 0 Å². The molecule has 20 heavy (non-hydrogen) atoms. The first-order valence-electron chi connectivity index (χ1n) is 6.06. The van der Waals surface area contributed by atoms with Gasteiger partial charge in [0.15, 0.2) is 6.23 Å². The molecular weight excluding hydrogens is 273 g/mol. The van der Waals surface area contributed by atoms with Crippen LogP contribution in [-0.2, 0) is 11.2 Å². The molecule has 0 spiro atoms. The van der Waals surface area contributed by atoms with Gasteiger partial charge in [-0.05, 0) is 6.42 Å². The Kier molecular flexibility index (Phi) is 3.78. The average molecular weight is 289 g/mol. The van der Waals surface area contributed by atoms with Crippen LogP contribution in [0.4, 0.5) is 10.2 Å². The second kappa shape index (κ2) is 5.09. The number of rotatable bonds is 3. The lowest BCUT2D eigenvalue weighted by atomic mass is 10.1. The van der Waals surface area contributed by atoms with Crippen molar-refractivity contribution in [3.8, 4) is 0 Å². The van der Waals surface area contributed by atoms with E-state index in [1.165, 1.54) is 6.20 Å². The number of ether oxygens (including phenoxy) is 1. The van der Waals surface area contributed by atoms with E-state index in [2.05, 4.69) is 4.98 Å². The van der Waals surface area contributed by atoms with Gasteiger partial charge in [0.05, 0.1) is 6.61 Å². The van der Waals surface area contributed by atoms with Crippen molar-refractivity contribution < 1.29 is 24.4 Å². The summed E-state index contributed by atoms with van der Waals surface area (Å²) in [5.74, 6) is -3.21. The third kappa shape index (κ3) is 2.18. The topological polar surface area (TPSA) is 131 Å². The molecule has 1 fully saturated rings. The number of aliphatic hydroxyl groups is 3. The Morgan fingerprint density at radius 3 is 2.80 bits per heavy atom. The Hall–Kier alpha value is -1.55. The van der Waals surface area contributed by atoms with Crippen LogP contribution in [0.3, 0.4) is 0 Å². The first-order chi connectivity index (χ1) is 9.32. The van der Waals surface area contributed by atoms with Gasteiger partial charge in [0, 0.05) is 11.8 Å². The minimum absolute atomic E-state index is 0.00778. The van der Waals surface area contributed by atoms with E-state index in [4.69, 9.17) is 15.6 Å². The number of hydrogen-bond donors (Lipinski definition) is 4. The van der Waals surface area contributed by atoms with Gasteiger partial charge in [0.1, 0.15) is 18.0 Å². The highest BCUT2D eigenvalue weighted by molar-refractivity contribution is 5.36. The van der Waals surface area contributed by atoms with E-state index in [0.717, 1.165) is 0 Å². The maximum Gasteiger partial charge on any atom is 0.351 e. The van der Waals surface area contributed by atoms with Crippen molar-refractivity contribution in [2.75, 3.05) is 12.3 Å². The zero-order valence-electron chi connectivity index (χ0n) is 10.7. The van der Waals surface area contributed by atoms with E-state index in [0.29, 0.717) is 16.6 Å². The molecule has 0 saturated carbocycles. The molecule has 1 aliphatic heterocycles. The number of nitrogen functional groups attached to an aromatic ring is 1. The summed E-state index contributed by atoms with van der Waals surface area (Å²) >= 11 is 0. The fourth-order valence-electron chi connectivity index (χ4n) is 2.11. The van der Waals surface area contributed by atoms with Crippen LogP contribution < -0.4 is 11.4 Å². The largest absolute Gasteiger partial charge is 0.394 e. The Morgan fingerprint density at radius 1 is 1.65 bits per heavy atom. The third-order valence-electron chi connectivity index (χ3n) is 3.29. The number of nitrogens with zero attached hydrogens (tertiary/aromatic N) is 2. The van der Waals surface area contributed by atoms with Crippen molar-refractivity contribution in [2.45, 2.75) is 37.6 Å². The third-order valence-corrected chi connectivity index (χ3v) is 3.29. The fourth-order valence-corrected chi connectivity index (χ4v) is 2.11. The maximum atomic E-state index is 14.2. The molecule has 9 heteroatoms. The van der Waals surface area contributed by atoms with Crippen LogP contribution in [0.1, 0.15) is 18.7 Å². The number of nitrogens with two attached hydrogens (primary N) is 1. The van der Waals surface area contributed by atoms with Gasteiger partial charge < -0.3 is 25.8 Å². The summed E-state index contributed by atoms with van der Waals surface area (Å²) in [5, 5.41) is 28.2. The number of halogens is 1. The van der Waals surface area contributed by atoms with Crippen LogP contribution in [-0.4, -0.2) is 49.5 Å². The van der Waals surface area contributed by atoms with E-state index in [9.17, 15) is 19.4 Å². The van der Waals surface area contributed by atoms with Crippen LogP contribution in [0.5, 0.6) is 0 Å². The number of hydrogen-bond acceptors (Lipinski definition) is 7. The number of aromatic nitrogens is 2. The molecule has 4 atom stereocenters. The number of aliphatic hydroxyl groups excluding tert-OH is 2. The van der Waals surface area contributed by atoms with E-state index in [1.807, 2.05) is 0 Å². The van der Waals surface area contributed by atoms with Crippen molar-refractivity contribution in [1.29, 1.82) is 0 Å². The van der Waals surface area contributed by atoms with Gasteiger partial charge in [-0.3, -0.25) is 4.57 Å². The van der Waals surface area contributed by atoms with Gasteiger partial charge in [-0.25, -0.2) is 9.18 Å². The Balaban J connectivity index is 2.49. The van der Waals surface area contributed by atoms with Crippen LogP contribution in [0.25, 0.3) is 0 Å². The molecule has 1 aliphatic rings. The minimum Gasteiger partial charge on any atom is -0.394 e. The number of anilines is 1. The highest BCUT2D eigenvalue weighted by Gasteiger charge is 2.57. The van der Waals surface area contributed by atoms with Gasteiger partial charge in [-0.2, -0.15) is 4.98 Å². The number of aryl methyl sites for hydroxylation is 1. The standard InChI is InChI=1S/C11H16FN3O5/c1-2-5-3-15(10(18)14-8(5)13)9-11(12,19)7(17)6(4-16)20-9/h3,6-7,9,16-17,19H,2,4H2,1H3,(H2,13,14,18)/t6-,7-,9-,11+/m1/s1. The summed E-state index contributed by atoms with van der Waals surface area (Å²) in [4.78, 5) is 15.3. The quantitative estimate of drug-likeness (QED) is 0.521. The minimum atomic E-state index is -3.22. The first kappa shape index (κ1) is 14.9. The summed E-state index contributed by atoms with van der Waals surface area (Å²) in [5.41, 5.74) is 5.08. The molecule has 2 heterocycles. The second-order valence-electron chi connectivity index (χ2n) is 4.58. The molecule has 0 radical (unpaired) electrons. The van der Waals surface area contributed by atoms with Crippen LogP contribution in [0, 0.1) is 0 Å². The molecular formula is C11H16FN3O5. The lowest BCUT2D eigenvalue weighted by molar-refractivity contribution is -0.197. The van der Waals surface area contributed by atoms with E-state index in [-0.39, 0.29) is 5.82 Å². The SMILES string of the molecule is CCc1cn([C@@H]2O[C@H](CO)[C@@H](O)[C@@]2(O)F)c(=O)nc1N. The van der Waals surface area contributed by atoms with Crippen molar-refractivity contribution in [1.82, 2.24) is 9.55 Å². The van der Waals surface area contributed by atoms with Gasteiger partial charge >= 0.3 is 5.69 Å². The van der Waals surface area contributed by atoms with Gasteiger partial charge in [-0.1, -0.05) is 6.92 Å². The predicted molar refractivity (Wildman–Crippen MR) is 65.3 cm³/mol. The highest BCUT2D eigenvalue weighted by Crippen LogP contribution is 2.38. The molecule has 1 aromatic rings. The second-order valence-corrected chi connectivity index (χ2v) is 4.58. The van der Waals surface area contributed by atoms with Crippen molar-refractivity contribution >= 4 is 5.82 Å². The summed E-state index contributed by atoms with van der Waals surface area (Å²) in [6.07, 6.45) is -3.48. The van der Waals surface area contributed by atoms with E-state index >= 15 is 0 Å². The molecule has 1 aromatic heterocycles. The van der Waals surface area contributed by atoms with Crippen molar-refractivity contribution in [2.24, 2.45) is 0 Å². The van der Waals surface area contributed by atoms with Gasteiger partial charge in [0.2, 0.25) is 0 Å². The predicted octanol–water partition coefficient (Wildman–Crippen LogP) is -1.70. The summed E-state index contributed by atoms with van der Waals surface area (Å²) < 4.78 is 19.9. The van der Waals surface area contributed by atoms with E-state index < -0.39 is 36.6 Å². The monoisotopic (exact) mass is 289 g/mol. The molecule has 0 aromatic carbocycles. The Labute approximate surface area is 113 Å². The molecule has 1 saturated heterocycles. The molecule has 2 rings (SSSR count). The zero-order valence-corrected chi connectivity index (χ0v) is 10.7. The summed E-state index contributed by atoms with van der Waals surface area (Å²) in [6, 6.07) is 0. The fraction of sp³-hybridized carbons (Fsp3) is 0.636. The first-order valence-corrected chi connectivity index (χ1v) is 6.06. The lowest BCUT2D eigenvalue weighted by Gasteiger charge is -2.23. The summed E-state index contributed by atoms with van der Waals surface area (Å²) in [7, 11) is 0. The Bertz CT molecular complexity index is 561. The van der Waals surface area contributed by atoms with Crippen molar-refractivity contribution in [3.63, 3.8) is 0 Å². The molecule has 0 amide bonds. The van der Waals surface area contributed by atoms with Crippen LogP contribution in [0.2, 0.25) is 0 Å². The van der Waals surface area contributed by atoms with Crippen molar-refractivity contribution in [3.05, 3.63) is 22.2 Å². The highest BCUT2D eigenvalue weighted by atomic mass is 19.2. The summed E-state index contributed by atoms with van der Waals surface area (Å²) in [6.45, 7) is 1.05. The zero-order chi connectivity index (χ0) is 15.1. The maximum absolute atomic E-state index is 14.2. The van der Waals surface area contributed by atoms with Gasteiger partial charge in [-0.15, -0.1) is 0 Å². The Morgan fingerprint density at radius 2 is 2.30 bits per heavy atom. The van der Waals surface area contributed by atoms with E-state index in [1.54, 1.807) is 6.92 Å². The lowest BCUT2D eigenvalue weighted by Crippen LogP contribution is -2.45.